The zero-order valence-electron chi connectivity index (χ0n) is 19.8. The number of aromatic amines is 2. The molecule has 188 valence electrons. The summed E-state index contributed by atoms with van der Waals surface area (Å²) in [4.78, 5) is 21.6. The number of aromatic nitrogens is 3. The molecule has 2 N–H and O–H groups in total. The third kappa shape index (κ3) is 5.20. The van der Waals surface area contributed by atoms with Gasteiger partial charge in [-0.2, -0.15) is 0 Å². The molecule has 0 saturated carbocycles. The number of rotatable bonds is 8. The zero-order chi connectivity index (χ0) is 25.9. The summed E-state index contributed by atoms with van der Waals surface area (Å²) >= 11 is 0. The Morgan fingerprint density at radius 1 is 1.00 bits per heavy atom. The standard InChI is InChI=1S/C28H22F3N3O3/c1-36-25(35)8-5-16-3-2-4-17(11-16)12-18-15-33-28(34-18)21-13-19(6-7-22(21)29)37-27-23(30)14-24-20(26(27)31)9-10-32-24/h2-4,6-7,9-11,13-15,32H,5,8,12H2,1H3,(H,33,34). The van der Waals surface area contributed by atoms with E-state index in [-0.39, 0.29) is 28.5 Å². The van der Waals surface area contributed by atoms with Crippen LogP contribution in [0.4, 0.5) is 13.2 Å². The van der Waals surface area contributed by atoms with Crippen LogP contribution < -0.4 is 4.74 Å². The van der Waals surface area contributed by atoms with Gasteiger partial charge in [-0.05, 0) is 41.8 Å². The van der Waals surface area contributed by atoms with Crippen LogP contribution in [0.5, 0.6) is 11.5 Å². The molecule has 0 aliphatic heterocycles. The molecule has 2 heterocycles. The Morgan fingerprint density at radius 3 is 2.68 bits per heavy atom. The Balaban J connectivity index is 1.35. The number of benzene rings is 3. The molecule has 0 amide bonds. The maximum Gasteiger partial charge on any atom is 0.305 e. The van der Waals surface area contributed by atoms with Crippen LogP contribution in [-0.2, 0) is 22.4 Å². The number of methoxy groups -OCH3 is 1. The molecule has 5 rings (SSSR count). The Hall–Kier alpha value is -4.53. The van der Waals surface area contributed by atoms with Crippen molar-refractivity contribution in [3.05, 3.63) is 101 Å². The number of ether oxygens (including phenoxy) is 2. The average Bonchev–Trinajstić information content (AvgIpc) is 3.56. The van der Waals surface area contributed by atoms with Gasteiger partial charge in [-0.15, -0.1) is 0 Å². The van der Waals surface area contributed by atoms with Crippen molar-refractivity contribution in [2.24, 2.45) is 0 Å². The number of fused-ring (bicyclic) bond motifs is 1. The number of nitrogens with one attached hydrogen (secondary N) is 2. The number of carbonyl (C=O) groups is 1. The normalized spacial score (nSPS) is 11.1. The molecular weight excluding hydrogens is 483 g/mol. The molecular formula is C28H22F3N3O3. The lowest BCUT2D eigenvalue weighted by atomic mass is 10.0. The molecule has 9 heteroatoms. The summed E-state index contributed by atoms with van der Waals surface area (Å²) in [6.07, 6.45) is 4.45. The number of nitrogens with zero attached hydrogens (tertiary/aromatic N) is 1. The molecule has 0 unspecified atom stereocenters. The highest BCUT2D eigenvalue weighted by atomic mass is 19.1. The Morgan fingerprint density at radius 2 is 1.84 bits per heavy atom. The molecule has 37 heavy (non-hydrogen) atoms. The molecule has 5 aromatic rings. The third-order valence-corrected chi connectivity index (χ3v) is 5.98. The van der Waals surface area contributed by atoms with E-state index in [1.54, 1.807) is 6.20 Å². The second-order valence-corrected chi connectivity index (χ2v) is 8.51. The summed E-state index contributed by atoms with van der Waals surface area (Å²) in [5, 5.41) is 0.184. The van der Waals surface area contributed by atoms with Crippen LogP contribution in [0.1, 0.15) is 23.2 Å². The molecule has 0 radical (unpaired) electrons. The lowest BCUT2D eigenvalue weighted by Crippen LogP contribution is -2.02. The maximum atomic E-state index is 14.8. The molecule has 2 aromatic heterocycles. The lowest BCUT2D eigenvalue weighted by molar-refractivity contribution is -0.140. The first-order valence-corrected chi connectivity index (χ1v) is 11.5. The summed E-state index contributed by atoms with van der Waals surface area (Å²) in [5.41, 5.74) is 3.12. The highest BCUT2D eigenvalue weighted by Gasteiger charge is 2.18. The van der Waals surface area contributed by atoms with E-state index in [0.717, 1.165) is 29.0 Å². The second kappa shape index (κ2) is 10.2. The van der Waals surface area contributed by atoms with E-state index in [2.05, 4.69) is 19.7 Å². The predicted molar refractivity (Wildman–Crippen MR) is 132 cm³/mol. The lowest BCUT2D eigenvalue weighted by Gasteiger charge is -2.10. The number of esters is 1. The molecule has 0 aliphatic carbocycles. The minimum atomic E-state index is -0.882. The molecule has 0 saturated heterocycles. The number of hydrogen-bond acceptors (Lipinski definition) is 4. The van der Waals surface area contributed by atoms with Gasteiger partial charge in [-0.1, -0.05) is 24.3 Å². The van der Waals surface area contributed by atoms with Gasteiger partial charge in [0, 0.05) is 42.4 Å². The van der Waals surface area contributed by atoms with Crippen LogP contribution in [0.25, 0.3) is 22.3 Å². The first-order valence-electron chi connectivity index (χ1n) is 11.5. The van der Waals surface area contributed by atoms with Crippen LogP contribution in [0.2, 0.25) is 0 Å². The smallest absolute Gasteiger partial charge is 0.305 e. The molecule has 0 atom stereocenters. The quantitative estimate of drug-likeness (QED) is 0.237. The monoisotopic (exact) mass is 505 g/mol. The van der Waals surface area contributed by atoms with E-state index in [1.165, 1.54) is 31.5 Å². The predicted octanol–water partition coefficient (Wildman–Crippen LogP) is 6.46. The van der Waals surface area contributed by atoms with Crippen molar-refractivity contribution < 1.29 is 27.4 Å². The van der Waals surface area contributed by atoms with Gasteiger partial charge in [0.15, 0.2) is 17.4 Å². The van der Waals surface area contributed by atoms with E-state index in [0.29, 0.717) is 24.8 Å². The van der Waals surface area contributed by atoms with Crippen LogP contribution in [0.3, 0.4) is 0 Å². The van der Waals surface area contributed by atoms with Gasteiger partial charge in [0.1, 0.15) is 17.4 Å². The Kier molecular flexibility index (Phi) is 6.68. The van der Waals surface area contributed by atoms with Crippen LogP contribution >= 0.6 is 0 Å². The minimum absolute atomic E-state index is 0.0559. The number of hydrogen-bond donors (Lipinski definition) is 2. The molecule has 0 bridgehead atoms. The highest BCUT2D eigenvalue weighted by molar-refractivity contribution is 5.82. The van der Waals surface area contributed by atoms with Crippen molar-refractivity contribution in [3.8, 4) is 22.9 Å². The Labute approximate surface area is 210 Å². The van der Waals surface area contributed by atoms with Gasteiger partial charge >= 0.3 is 5.97 Å². The summed E-state index contributed by atoms with van der Waals surface area (Å²) in [7, 11) is 1.36. The van der Waals surface area contributed by atoms with Gasteiger partial charge in [-0.3, -0.25) is 4.79 Å². The van der Waals surface area contributed by atoms with E-state index in [9.17, 15) is 18.0 Å². The second-order valence-electron chi connectivity index (χ2n) is 8.51. The summed E-state index contributed by atoms with van der Waals surface area (Å²) in [6, 6.07) is 14.2. The van der Waals surface area contributed by atoms with Gasteiger partial charge in [0.25, 0.3) is 0 Å². The van der Waals surface area contributed by atoms with Crippen molar-refractivity contribution in [2.45, 2.75) is 19.3 Å². The summed E-state index contributed by atoms with van der Waals surface area (Å²) < 4.78 is 54.2. The highest BCUT2D eigenvalue weighted by Crippen LogP contribution is 2.34. The molecule has 0 spiro atoms. The van der Waals surface area contributed by atoms with E-state index >= 15 is 0 Å². The van der Waals surface area contributed by atoms with Gasteiger partial charge in [0.05, 0.1) is 18.2 Å². The van der Waals surface area contributed by atoms with Gasteiger partial charge in [-0.25, -0.2) is 18.2 Å². The summed E-state index contributed by atoms with van der Waals surface area (Å²) in [6.45, 7) is 0. The Bertz CT molecular complexity index is 1590. The van der Waals surface area contributed by atoms with Crippen molar-refractivity contribution >= 4 is 16.9 Å². The zero-order valence-corrected chi connectivity index (χ0v) is 19.8. The fourth-order valence-corrected chi connectivity index (χ4v) is 4.12. The fraction of sp³-hybridized carbons (Fsp3) is 0.143. The molecule has 3 aromatic carbocycles. The van der Waals surface area contributed by atoms with Crippen molar-refractivity contribution in [3.63, 3.8) is 0 Å². The van der Waals surface area contributed by atoms with Crippen LogP contribution in [-0.4, -0.2) is 28.0 Å². The first kappa shape index (κ1) is 24.2. The number of imidazole rings is 1. The molecule has 0 fully saturated rings. The number of halogens is 3. The van der Waals surface area contributed by atoms with Crippen LogP contribution in [0, 0.1) is 17.5 Å². The van der Waals surface area contributed by atoms with E-state index in [1.807, 2.05) is 24.3 Å². The number of H-pyrrole nitrogens is 2. The molecule has 6 nitrogen and oxygen atoms in total. The van der Waals surface area contributed by atoms with Crippen molar-refractivity contribution in [1.82, 2.24) is 15.0 Å². The molecule has 0 aliphatic rings. The minimum Gasteiger partial charge on any atom is -0.469 e. The fourth-order valence-electron chi connectivity index (χ4n) is 4.12. The topological polar surface area (TPSA) is 80.0 Å². The van der Waals surface area contributed by atoms with Crippen molar-refractivity contribution in [2.75, 3.05) is 7.11 Å². The van der Waals surface area contributed by atoms with Crippen LogP contribution in [0.15, 0.2) is 67.0 Å². The van der Waals surface area contributed by atoms with E-state index < -0.39 is 23.2 Å². The maximum absolute atomic E-state index is 14.8. The van der Waals surface area contributed by atoms with E-state index in [4.69, 9.17) is 4.74 Å². The number of carbonyl (C=O) groups excluding carboxylic acids is 1. The van der Waals surface area contributed by atoms with Gasteiger partial charge < -0.3 is 19.4 Å². The third-order valence-electron chi connectivity index (χ3n) is 5.98. The first-order chi connectivity index (χ1) is 17.9. The SMILES string of the molecule is COC(=O)CCc1cccc(Cc2cnc(-c3cc(Oc4c(F)cc5[nH]ccc5c4F)ccc3F)[nH]2)c1. The van der Waals surface area contributed by atoms with Crippen molar-refractivity contribution in [1.29, 1.82) is 0 Å². The largest absolute Gasteiger partial charge is 0.469 e. The summed E-state index contributed by atoms with van der Waals surface area (Å²) in [5.74, 6) is -2.84. The average molecular weight is 505 g/mol. The van der Waals surface area contributed by atoms with Gasteiger partial charge in [0.2, 0.25) is 0 Å². The number of aryl methyl sites for hydroxylation is 1.